The van der Waals surface area contributed by atoms with Crippen LogP contribution in [0.3, 0.4) is 0 Å². The zero-order valence-electron chi connectivity index (χ0n) is 8.82. The maximum atomic E-state index is 12.9. The minimum atomic E-state index is -4.93. The number of ketones is 1. The molecule has 1 aliphatic heterocycles. The highest BCUT2D eigenvalue weighted by molar-refractivity contribution is 6.39. The van der Waals surface area contributed by atoms with Crippen molar-refractivity contribution in [3.63, 3.8) is 0 Å². The summed E-state index contributed by atoms with van der Waals surface area (Å²) in [5, 5.41) is 8.44. The normalized spacial score (nSPS) is 18.7. The van der Waals surface area contributed by atoms with Crippen LogP contribution < -0.4 is 9.47 Å². The van der Waals surface area contributed by atoms with Gasteiger partial charge in [-0.3, -0.25) is 4.79 Å². The van der Waals surface area contributed by atoms with E-state index in [0.717, 1.165) is 12.1 Å². The van der Waals surface area contributed by atoms with Crippen molar-refractivity contribution in [2.24, 2.45) is 0 Å². The lowest BCUT2D eigenvalue weighted by molar-refractivity contribution is -0.391. The Morgan fingerprint density at radius 2 is 1.53 bits per heavy atom. The summed E-state index contributed by atoms with van der Waals surface area (Å²) in [5.74, 6) is -4.79. The van der Waals surface area contributed by atoms with E-state index in [1.807, 2.05) is 0 Å². The molecule has 0 spiro atoms. The summed E-state index contributed by atoms with van der Waals surface area (Å²) in [7, 11) is 0. The molecule has 1 aromatic rings. The first-order valence-electron chi connectivity index (χ1n) is 4.69. The summed E-state index contributed by atoms with van der Waals surface area (Å²) in [4.78, 5) is 21.5. The molecule has 0 aliphatic carbocycles. The van der Waals surface area contributed by atoms with Gasteiger partial charge >= 0.3 is 18.2 Å². The average Bonchev–Trinajstić information content (AvgIpc) is 2.28. The monoisotopic (exact) mass is 280 g/mol. The second-order valence-corrected chi connectivity index (χ2v) is 3.53. The molecule has 0 bridgehead atoms. The fraction of sp³-hybridized carbons (Fsp3) is 0.200. The molecule has 0 radical (unpaired) electrons. The SMILES string of the molecule is O=C(O)C(=O)c1ccc2c(c1)OC(F)(F)C(F)(F)O2. The van der Waals surface area contributed by atoms with Gasteiger partial charge in [-0.1, -0.05) is 0 Å². The molecule has 0 fully saturated rings. The van der Waals surface area contributed by atoms with Crippen molar-refractivity contribution in [3.05, 3.63) is 23.8 Å². The molecule has 5 nitrogen and oxygen atoms in total. The highest BCUT2D eigenvalue weighted by Crippen LogP contribution is 2.46. The van der Waals surface area contributed by atoms with Gasteiger partial charge in [-0.25, -0.2) is 4.79 Å². The zero-order chi connectivity index (χ0) is 14.4. The van der Waals surface area contributed by atoms with Crippen molar-refractivity contribution < 1.29 is 41.7 Å². The highest BCUT2D eigenvalue weighted by Gasteiger charge is 2.65. The average molecular weight is 280 g/mol. The van der Waals surface area contributed by atoms with Crippen LogP contribution in [0.5, 0.6) is 11.5 Å². The summed E-state index contributed by atoms with van der Waals surface area (Å²) < 4.78 is 58.8. The molecule has 0 aromatic heterocycles. The second kappa shape index (κ2) is 3.84. The lowest BCUT2D eigenvalue weighted by atomic mass is 10.1. The van der Waals surface area contributed by atoms with Gasteiger partial charge in [0.2, 0.25) is 0 Å². The Morgan fingerprint density at radius 3 is 2.05 bits per heavy atom. The largest absolute Gasteiger partial charge is 0.507 e. The van der Waals surface area contributed by atoms with Crippen LogP contribution in [0, 0.1) is 0 Å². The van der Waals surface area contributed by atoms with Crippen LogP contribution in [0.1, 0.15) is 10.4 Å². The van der Waals surface area contributed by atoms with E-state index >= 15 is 0 Å². The van der Waals surface area contributed by atoms with Crippen molar-refractivity contribution >= 4 is 11.8 Å². The zero-order valence-corrected chi connectivity index (χ0v) is 8.82. The number of carbonyl (C=O) groups excluding carboxylic acids is 1. The number of Topliss-reactive ketones (excluding diaryl/α,β-unsaturated/α-hetero) is 1. The van der Waals surface area contributed by atoms with E-state index in [0.29, 0.717) is 6.07 Å². The van der Waals surface area contributed by atoms with Gasteiger partial charge in [-0.05, 0) is 18.2 Å². The lowest BCUT2D eigenvalue weighted by Gasteiger charge is -2.31. The standard InChI is InChI=1S/C10H4F4O5/c11-9(12)10(13,14)19-6-3-4(7(15)8(16)17)1-2-5(6)18-9/h1-3H,(H,16,17). The molecule has 1 aromatic carbocycles. The summed E-state index contributed by atoms with van der Waals surface area (Å²) in [6.45, 7) is 0. The Hall–Kier alpha value is -2.32. The van der Waals surface area contributed by atoms with E-state index in [4.69, 9.17) is 5.11 Å². The number of benzene rings is 1. The van der Waals surface area contributed by atoms with Crippen LogP contribution in [0.2, 0.25) is 0 Å². The maximum absolute atomic E-state index is 12.9. The third-order valence-electron chi connectivity index (χ3n) is 2.22. The minimum absolute atomic E-state index is 0.504. The number of halogens is 4. The van der Waals surface area contributed by atoms with Crippen LogP contribution in [0.4, 0.5) is 17.6 Å². The summed E-state index contributed by atoms with van der Waals surface area (Å²) in [5.41, 5.74) is -0.504. The maximum Gasteiger partial charge on any atom is 0.507 e. The number of hydrogen-bond donors (Lipinski definition) is 1. The highest BCUT2D eigenvalue weighted by atomic mass is 19.3. The Morgan fingerprint density at radius 1 is 1.00 bits per heavy atom. The van der Waals surface area contributed by atoms with Crippen LogP contribution in [-0.4, -0.2) is 29.1 Å². The number of alkyl halides is 4. The van der Waals surface area contributed by atoms with Crippen molar-refractivity contribution in [2.75, 3.05) is 0 Å². The predicted octanol–water partition coefficient (Wildman–Crippen LogP) is 1.91. The molecule has 0 unspecified atom stereocenters. The fourth-order valence-electron chi connectivity index (χ4n) is 1.33. The van der Waals surface area contributed by atoms with Gasteiger partial charge in [0.15, 0.2) is 11.5 Å². The van der Waals surface area contributed by atoms with Crippen molar-refractivity contribution in [1.29, 1.82) is 0 Å². The number of aliphatic carboxylic acids is 1. The first-order chi connectivity index (χ1) is 8.64. The van der Waals surface area contributed by atoms with E-state index in [1.165, 1.54) is 0 Å². The number of carboxylic acid groups (broad SMARTS) is 1. The van der Waals surface area contributed by atoms with E-state index in [2.05, 4.69) is 9.47 Å². The van der Waals surface area contributed by atoms with E-state index < -0.39 is 41.0 Å². The summed E-state index contributed by atoms with van der Waals surface area (Å²) in [6.07, 6.45) is -9.79. The molecule has 0 saturated heterocycles. The van der Waals surface area contributed by atoms with Gasteiger partial charge in [0.1, 0.15) is 0 Å². The van der Waals surface area contributed by atoms with Crippen LogP contribution in [0.15, 0.2) is 18.2 Å². The molecule has 0 saturated carbocycles. The summed E-state index contributed by atoms with van der Waals surface area (Å²) in [6, 6.07) is 2.18. The molecule has 102 valence electrons. The van der Waals surface area contributed by atoms with E-state index in [1.54, 1.807) is 0 Å². The molecular formula is C10H4F4O5. The molecule has 1 N–H and O–H groups in total. The first kappa shape index (κ1) is 13.1. The third-order valence-corrected chi connectivity index (χ3v) is 2.22. The first-order valence-corrected chi connectivity index (χ1v) is 4.69. The molecule has 19 heavy (non-hydrogen) atoms. The van der Waals surface area contributed by atoms with Crippen molar-refractivity contribution in [1.82, 2.24) is 0 Å². The van der Waals surface area contributed by atoms with Gasteiger partial charge in [-0.15, -0.1) is 0 Å². The van der Waals surface area contributed by atoms with Gasteiger partial charge < -0.3 is 14.6 Å². The Balaban J connectivity index is 2.44. The van der Waals surface area contributed by atoms with Crippen molar-refractivity contribution in [2.45, 2.75) is 12.2 Å². The van der Waals surface area contributed by atoms with Crippen LogP contribution >= 0.6 is 0 Å². The van der Waals surface area contributed by atoms with Gasteiger partial charge in [0, 0.05) is 5.56 Å². The minimum Gasteiger partial charge on any atom is -0.475 e. The molecule has 1 heterocycles. The number of hydrogen-bond acceptors (Lipinski definition) is 4. The smallest absolute Gasteiger partial charge is 0.475 e. The Labute approximate surface area is 102 Å². The topological polar surface area (TPSA) is 72.8 Å². The van der Waals surface area contributed by atoms with E-state index in [9.17, 15) is 27.2 Å². The van der Waals surface area contributed by atoms with Crippen LogP contribution in [-0.2, 0) is 4.79 Å². The number of fused-ring (bicyclic) bond motifs is 1. The molecule has 0 atom stereocenters. The number of carboxylic acids is 1. The Bertz CT molecular complexity index is 569. The Kier molecular flexibility index (Phi) is 2.65. The quantitative estimate of drug-likeness (QED) is 0.509. The molecule has 2 rings (SSSR count). The van der Waals surface area contributed by atoms with Crippen molar-refractivity contribution in [3.8, 4) is 11.5 Å². The fourth-order valence-corrected chi connectivity index (χ4v) is 1.33. The van der Waals surface area contributed by atoms with Gasteiger partial charge in [0.25, 0.3) is 5.78 Å². The third kappa shape index (κ3) is 2.07. The second-order valence-electron chi connectivity index (χ2n) is 3.53. The molecule has 9 heteroatoms. The molecule has 1 aliphatic rings. The lowest BCUT2D eigenvalue weighted by Crippen LogP contribution is -2.52. The van der Waals surface area contributed by atoms with Crippen LogP contribution in [0.25, 0.3) is 0 Å². The number of ether oxygens (including phenoxy) is 2. The van der Waals surface area contributed by atoms with Gasteiger partial charge in [0.05, 0.1) is 0 Å². The predicted molar refractivity (Wildman–Crippen MR) is 49.6 cm³/mol. The number of rotatable bonds is 2. The summed E-state index contributed by atoms with van der Waals surface area (Å²) >= 11 is 0. The number of carbonyl (C=O) groups is 2. The van der Waals surface area contributed by atoms with E-state index in [-0.39, 0.29) is 0 Å². The molecule has 0 amide bonds. The molecular weight excluding hydrogens is 276 g/mol. The van der Waals surface area contributed by atoms with Gasteiger partial charge in [-0.2, -0.15) is 17.6 Å².